The van der Waals surface area contributed by atoms with Crippen LogP contribution in [0, 0.1) is 0 Å². The summed E-state index contributed by atoms with van der Waals surface area (Å²) in [6.45, 7) is 6.61. The lowest BCUT2D eigenvalue weighted by molar-refractivity contribution is 0.0932. The van der Waals surface area contributed by atoms with Crippen molar-refractivity contribution in [1.29, 1.82) is 0 Å². The highest BCUT2D eigenvalue weighted by Crippen LogP contribution is 2.12. The van der Waals surface area contributed by atoms with Gasteiger partial charge >= 0.3 is 0 Å². The predicted molar refractivity (Wildman–Crippen MR) is 58.7 cm³/mol. The van der Waals surface area contributed by atoms with E-state index in [9.17, 15) is 4.79 Å². The van der Waals surface area contributed by atoms with Crippen molar-refractivity contribution in [1.82, 2.24) is 15.2 Å². The van der Waals surface area contributed by atoms with Crippen LogP contribution >= 0.6 is 0 Å². The molecule has 82 valence electrons. The summed E-state index contributed by atoms with van der Waals surface area (Å²) < 4.78 is 2.09. The Labute approximate surface area is 89.7 Å². The number of rotatable bonds is 2. The standard InChI is InChI=1S/C11H17N3O/c1-8(2)13-11(15)10-4-3-9-7-12-5-6-14(9)10/h3-4,8,12H,5-7H2,1-2H3,(H,13,15). The Bertz CT molecular complexity index is 368. The number of nitrogens with zero attached hydrogens (tertiary/aromatic N) is 1. The first-order valence-corrected chi connectivity index (χ1v) is 5.38. The molecule has 4 nitrogen and oxygen atoms in total. The monoisotopic (exact) mass is 207 g/mol. The van der Waals surface area contributed by atoms with Crippen LogP contribution in [0.2, 0.25) is 0 Å². The molecule has 15 heavy (non-hydrogen) atoms. The maximum absolute atomic E-state index is 11.8. The van der Waals surface area contributed by atoms with Gasteiger partial charge in [0.25, 0.3) is 5.91 Å². The minimum Gasteiger partial charge on any atom is -0.349 e. The Balaban J connectivity index is 2.21. The number of aromatic nitrogens is 1. The molecule has 0 saturated heterocycles. The molecule has 0 radical (unpaired) electrons. The van der Waals surface area contributed by atoms with Crippen LogP contribution in [0.15, 0.2) is 12.1 Å². The predicted octanol–water partition coefficient (Wildman–Crippen LogP) is 0.729. The Morgan fingerprint density at radius 3 is 3.07 bits per heavy atom. The maximum Gasteiger partial charge on any atom is 0.268 e. The van der Waals surface area contributed by atoms with Crippen LogP contribution in [0.4, 0.5) is 0 Å². The van der Waals surface area contributed by atoms with Gasteiger partial charge in [-0.25, -0.2) is 0 Å². The van der Waals surface area contributed by atoms with Gasteiger partial charge in [0.1, 0.15) is 5.69 Å². The zero-order chi connectivity index (χ0) is 10.8. The van der Waals surface area contributed by atoms with Gasteiger partial charge in [-0.2, -0.15) is 0 Å². The molecule has 2 heterocycles. The average Bonchev–Trinajstić information content (AvgIpc) is 2.59. The van der Waals surface area contributed by atoms with E-state index in [1.54, 1.807) is 0 Å². The summed E-state index contributed by atoms with van der Waals surface area (Å²) in [6, 6.07) is 4.10. The first-order chi connectivity index (χ1) is 7.18. The average molecular weight is 207 g/mol. The van der Waals surface area contributed by atoms with Gasteiger partial charge in [0.05, 0.1) is 0 Å². The molecule has 1 aliphatic heterocycles. The fraction of sp³-hybridized carbons (Fsp3) is 0.545. The SMILES string of the molecule is CC(C)NC(=O)c1ccc2n1CCNC2. The summed E-state index contributed by atoms with van der Waals surface area (Å²) >= 11 is 0. The molecule has 1 amide bonds. The van der Waals surface area contributed by atoms with E-state index in [1.807, 2.05) is 26.0 Å². The quantitative estimate of drug-likeness (QED) is 0.751. The molecule has 1 aromatic heterocycles. The van der Waals surface area contributed by atoms with Crippen LogP contribution in [0.5, 0.6) is 0 Å². The number of amides is 1. The lowest BCUT2D eigenvalue weighted by Gasteiger charge is -2.19. The molecule has 0 atom stereocenters. The van der Waals surface area contributed by atoms with Crippen LogP contribution in [0.1, 0.15) is 30.0 Å². The molecule has 0 aromatic carbocycles. The number of carbonyl (C=O) groups excluding carboxylic acids is 1. The molecule has 2 rings (SSSR count). The van der Waals surface area contributed by atoms with Gasteiger partial charge in [0, 0.05) is 31.4 Å². The lowest BCUT2D eigenvalue weighted by Crippen LogP contribution is -2.35. The molecule has 1 aliphatic rings. The summed E-state index contributed by atoms with van der Waals surface area (Å²) in [5, 5.41) is 6.20. The number of hydrogen-bond acceptors (Lipinski definition) is 2. The number of hydrogen-bond donors (Lipinski definition) is 2. The van der Waals surface area contributed by atoms with Crippen LogP contribution in [-0.4, -0.2) is 23.1 Å². The molecule has 2 N–H and O–H groups in total. The van der Waals surface area contributed by atoms with E-state index in [1.165, 1.54) is 5.69 Å². The molecule has 1 aromatic rings. The zero-order valence-electron chi connectivity index (χ0n) is 9.21. The molecular weight excluding hydrogens is 190 g/mol. The maximum atomic E-state index is 11.8. The molecule has 0 bridgehead atoms. The van der Waals surface area contributed by atoms with Gasteiger partial charge < -0.3 is 15.2 Å². The molecule has 0 unspecified atom stereocenters. The van der Waals surface area contributed by atoms with Gasteiger partial charge in [-0.1, -0.05) is 0 Å². The fourth-order valence-electron chi connectivity index (χ4n) is 1.87. The molecule has 0 aliphatic carbocycles. The van der Waals surface area contributed by atoms with E-state index in [0.717, 1.165) is 25.3 Å². The van der Waals surface area contributed by atoms with E-state index in [2.05, 4.69) is 15.2 Å². The van der Waals surface area contributed by atoms with E-state index in [0.29, 0.717) is 0 Å². The Kier molecular flexibility index (Phi) is 2.77. The molecule has 0 fully saturated rings. The summed E-state index contributed by atoms with van der Waals surface area (Å²) in [4.78, 5) is 11.8. The number of nitrogens with one attached hydrogen (secondary N) is 2. The first-order valence-electron chi connectivity index (χ1n) is 5.38. The van der Waals surface area contributed by atoms with Crippen molar-refractivity contribution in [2.45, 2.75) is 33.0 Å². The van der Waals surface area contributed by atoms with Crippen molar-refractivity contribution in [3.8, 4) is 0 Å². The van der Waals surface area contributed by atoms with E-state index in [4.69, 9.17) is 0 Å². The minimum absolute atomic E-state index is 0.0261. The highest BCUT2D eigenvalue weighted by molar-refractivity contribution is 5.93. The second kappa shape index (κ2) is 4.06. The van der Waals surface area contributed by atoms with E-state index < -0.39 is 0 Å². The Hall–Kier alpha value is -1.29. The lowest BCUT2D eigenvalue weighted by atomic mass is 10.3. The molecule has 0 spiro atoms. The molecule has 4 heteroatoms. The summed E-state index contributed by atoms with van der Waals surface area (Å²) in [5.41, 5.74) is 1.97. The van der Waals surface area contributed by atoms with Crippen molar-refractivity contribution in [2.24, 2.45) is 0 Å². The summed E-state index contributed by atoms with van der Waals surface area (Å²) in [5.74, 6) is 0.0261. The normalized spacial score (nSPS) is 15.1. The largest absolute Gasteiger partial charge is 0.349 e. The van der Waals surface area contributed by atoms with Crippen molar-refractivity contribution in [2.75, 3.05) is 6.54 Å². The Morgan fingerprint density at radius 2 is 2.33 bits per heavy atom. The third-order valence-corrected chi connectivity index (χ3v) is 2.54. The first kappa shape index (κ1) is 10.2. The van der Waals surface area contributed by atoms with Crippen LogP contribution in [0.3, 0.4) is 0 Å². The van der Waals surface area contributed by atoms with Crippen LogP contribution in [-0.2, 0) is 13.1 Å². The third-order valence-electron chi connectivity index (χ3n) is 2.54. The van der Waals surface area contributed by atoms with Crippen molar-refractivity contribution in [3.05, 3.63) is 23.5 Å². The van der Waals surface area contributed by atoms with Gasteiger partial charge in [0.2, 0.25) is 0 Å². The van der Waals surface area contributed by atoms with Crippen molar-refractivity contribution in [3.63, 3.8) is 0 Å². The topological polar surface area (TPSA) is 46.1 Å². The van der Waals surface area contributed by atoms with Crippen molar-refractivity contribution < 1.29 is 4.79 Å². The highest BCUT2D eigenvalue weighted by atomic mass is 16.2. The second-order valence-electron chi connectivity index (χ2n) is 4.17. The van der Waals surface area contributed by atoms with Crippen LogP contribution < -0.4 is 10.6 Å². The zero-order valence-corrected chi connectivity index (χ0v) is 9.21. The Morgan fingerprint density at radius 1 is 1.53 bits per heavy atom. The third kappa shape index (κ3) is 2.04. The minimum atomic E-state index is 0.0261. The highest BCUT2D eigenvalue weighted by Gasteiger charge is 2.17. The van der Waals surface area contributed by atoms with E-state index >= 15 is 0 Å². The van der Waals surface area contributed by atoms with Crippen molar-refractivity contribution >= 4 is 5.91 Å². The van der Waals surface area contributed by atoms with Gasteiger partial charge in [-0.3, -0.25) is 4.79 Å². The molecular formula is C11H17N3O. The smallest absolute Gasteiger partial charge is 0.268 e. The van der Waals surface area contributed by atoms with E-state index in [-0.39, 0.29) is 11.9 Å². The summed E-state index contributed by atoms with van der Waals surface area (Å²) in [7, 11) is 0. The fourth-order valence-corrected chi connectivity index (χ4v) is 1.87. The van der Waals surface area contributed by atoms with Gasteiger partial charge in [-0.05, 0) is 26.0 Å². The molecule has 0 saturated carbocycles. The summed E-state index contributed by atoms with van der Waals surface area (Å²) in [6.07, 6.45) is 0. The number of fused-ring (bicyclic) bond motifs is 1. The van der Waals surface area contributed by atoms with Gasteiger partial charge in [0.15, 0.2) is 0 Å². The van der Waals surface area contributed by atoms with Crippen LogP contribution in [0.25, 0.3) is 0 Å². The second-order valence-corrected chi connectivity index (χ2v) is 4.17. The van der Waals surface area contributed by atoms with Gasteiger partial charge in [-0.15, -0.1) is 0 Å². The number of carbonyl (C=O) groups is 1.